The van der Waals surface area contributed by atoms with E-state index in [4.69, 9.17) is 16.7 Å². The summed E-state index contributed by atoms with van der Waals surface area (Å²) in [5.74, 6) is -0.719. The van der Waals surface area contributed by atoms with E-state index < -0.39 is 5.97 Å². The number of rotatable bonds is 5. The summed E-state index contributed by atoms with van der Waals surface area (Å²) in [6.45, 7) is 1.87. The molecule has 98 valence electrons. The summed E-state index contributed by atoms with van der Waals surface area (Å²) in [4.78, 5) is 12.9. The van der Waals surface area contributed by atoms with Crippen molar-refractivity contribution in [2.24, 2.45) is 0 Å². The number of benzene rings is 1. The van der Waals surface area contributed by atoms with Crippen LogP contribution in [-0.2, 0) is 4.79 Å². The van der Waals surface area contributed by atoms with E-state index in [1.165, 1.54) is 5.56 Å². The van der Waals surface area contributed by atoms with E-state index in [1.54, 1.807) is 0 Å². The van der Waals surface area contributed by atoms with Crippen molar-refractivity contribution in [3.8, 4) is 0 Å². The van der Waals surface area contributed by atoms with Crippen LogP contribution in [0, 0.1) is 0 Å². The van der Waals surface area contributed by atoms with Gasteiger partial charge in [-0.1, -0.05) is 29.8 Å². The van der Waals surface area contributed by atoms with E-state index in [1.807, 2.05) is 18.2 Å². The summed E-state index contributed by atoms with van der Waals surface area (Å²) in [6, 6.07) is 8.30. The van der Waals surface area contributed by atoms with Crippen LogP contribution in [0.1, 0.15) is 37.3 Å². The molecular formula is C14H18ClNO2. The van der Waals surface area contributed by atoms with Crippen LogP contribution in [0.2, 0.25) is 5.02 Å². The molecule has 1 heterocycles. The lowest BCUT2D eigenvalue weighted by Gasteiger charge is -2.25. The smallest absolute Gasteiger partial charge is 0.303 e. The SMILES string of the molecule is O=C(O)CCCN1CCCC1c1ccccc1Cl. The Kier molecular flexibility index (Phi) is 4.61. The minimum absolute atomic E-state index is 0.242. The van der Waals surface area contributed by atoms with Gasteiger partial charge in [0.25, 0.3) is 0 Å². The van der Waals surface area contributed by atoms with Crippen molar-refractivity contribution in [3.05, 3.63) is 34.9 Å². The molecule has 0 radical (unpaired) electrons. The van der Waals surface area contributed by atoms with Crippen molar-refractivity contribution in [1.29, 1.82) is 0 Å². The lowest BCUT2D eigenvalue weighted by molar-refractivity contribution is -0.137. The van der Waals surface area contributed by atoms with Gasteiger partial charge < -0.3 is 5.11 Å². The molecule has 0 bridgehead atoms. The van der Waals surface area contributed by atoms with E-state index in [0.717, 1.165) is 31.0 Å². The summed E-state index contributed by atoms with van der Waals surface area (Å²) < 4.78 is 0. The first kappa shape index (κ1) is 13.4. The Morgan fingerprint density at radius 1 is 1.44 bits per heavy atom. The predicted molar refractivity (Wildman–Crippen MR) is 71.9 cm³/mol. The molecular weight excluding hydrogens is 250 g/mol. The molecule has 1 atom stereocenters. The number of aliphatic carboxylic acids is 1. The molecule has 18 heavy (non-hydrogen) atoms. The molecule has 0 aliphatic carbocycles. The monoisotopic (exact) mass is 267 g/mol. The van der Waals surface area contributed by atoms with E-state index >= 15 is 0 Å². The maximum Gasteiger partial charge on any atom is 0.303 e. The number of nitrogens with zero attached hydrogens (tertiary/aromatic N) is 1. The minimum atomic E-state index is -0.719. The van der Waals surface area contributed by atoms with Gasteiger partial charge in [0.05, 0.1) is 0 Å². The topological polar surface area (TPSA) is 40.5 Å². The Morgan fingerprint density at radius 2 is 2.22 bits per heavy atom. The molecule has 0 amide bonds. The highest BCUT2D eigenvalue weighted by molar-refractivity contribution is 6.31. The van der Waals surface area contributed by atoms with Gasteiger partial charge in [-0.2, -0.15) is 0 Å². The number of halogens is 1. The van der Waals surface area contributed by atoms with Gasteiger partial charge in [0, 0.05) is 17.5 Å². The third kappa shape index (κ3) is 3.24. The fraction of sp³-hybridized carbons (Fsp3) is 0.500. The number of likely N-dealkylation sites (tertiary alicyclic amines) is 1. The van der Waals surface area contributed by atoms with Crippen LogP contribution in [0.4, 0.5) is 0 Å². The van der Waals surface area contributed by atoms with Crippen molar-refractivity contribution in [3.63, 3.8) is 0 Å². The molecule has 1 aliphatic heterocycles. The summed E-state index contributed by atoms with van der Waals surface area (Å²) in [6.07, 6.45) is 3.21. The number of hydrogen-bond acceptors (Lipinski definition) is 2. The van der Waals surface area contributed by atoms with Gasteiger partial charge in [-0.15, -0.1) is 0 Å². The normalized spacial score (nSPS) is 20.2. The molecule has 2 rings (SSSR count). The van der Waals surface area contributed by atoms with Crippen molar-refractivity contribution < 1.29 is 9.90 Å². The third-order valence-electron chi connectivity index (χ3n) is 3.46. The lowest BCUT2D eigenvalue weighted by Crippen LogP contribution is -2.25. The maximum atomic E-state index is 10.5. The van der Waals surface area contributed by atoms with Crippen LogP contribution in [0.3, 0.4) is 0 Å². The summed E-state index contributed by atoms with van der Waals surface area (Å²) in [7, 11) is 0. The van der Waals surface area contributed by atoms with Gasteiger partial charge in [0.2, 0.25) is 0 Å². The number of carboxylic acid groups (broad SMARTS) is 1. The fourth-order valence-electron chi connectivity index (χ4n) is 2.62. The molecule has 0 aromatic heterocycles. The quantitative estimate of drug-likeness (QED) is 0.889. The van der Waals surface area contributed by atoms with Gasteiger partial charge in [0.1, 0.15) is 0 Å². The summed E-state index contributed by atoms with van der Waals surface area (Å²) >= 11 is 6.23. The van der Waals surface area contributed by atoms with E-state index in [0.29, 0.717) is 12.5 Å². The highest BCUT2D eigenvalue weighted by Crippen LogP contribution is 2.35. The average molecular weight is 268 g/mol. The van der Waals surface area contributed by atoms with E-state index in [-0.39, 0.29) is 6.42 Å². The van der Waals surface area contributed by atoms with Crippen LogP contribution in [0.25, 0.3) is 0 Å². The van der Waals surface area contributed by atoms with E-state index in [9.17, 15) is 4.79 Å². The zero-order valence-electron chi connectivity index (χ0n) is 10.3. The predicted octanol–water partition coefficient (Wildman–Crippen LogP) is 3.34. The molecule has 0 spiro atoms. The van der Waals surface area contributed by atoms with Crippen LogP contribution >= 0.6 is 11.6 Å². The molecule has 1 aromatic rings. The Balaban J connectivity index is 1.99. The standard InChI is InChI=1S/C14H18ClNO2/c15-12-6-2-1-5-11(12)13-7-3-9-16(13)10-4-8-14(17)18/h1-2,5-6,13H,3-4,7-10H2,(H,17,18). The first-order valence-corrected chi connectivity index (χ1v) is 6.76. The maximum absolute atomic E-state index is 10.5. The van der Waals surface area contributed by atoms with Gasteiger partial charge in [-0.3, -0.25) is 9.69 Å². The zero-order chi connectivity index (χ0) is 13.0. The van der Waals surface area contributed by atoms with Crippen molar-refractivity contribution in [1.82, 2.24) is 4.90 Å². The molecule has 3 nitrogen and oxygen atoms in total. The van der Waals surface area contributed by atoms with Crippen LogP contribution in [-0.4, -0.2) is 29.1 Å². The molecule has 1 fully saturated rings. The molecule has 4 heteroatoms. The number of hydrogen-bond donors (Lipinski definition) is 1. The van der Waals surface area contributed by atoms with Crippen LogP contribution < -0.4 is 0 Å². The van der Waals surface area contributed by atoms with Crippen LogP contribution in [0.15, 0.2) is 24.3 Å². The first-order valence-electron chi connectivity index (χ1n) is 6.39. The second kappa shape index (κ2) is 6.21. The molecule has 1 aliphatic rings. The van der Waals surface area contributed by atoms with Crippen molar-refractivity contribution in [2.45, 2.75) is 31.7 Å². The second-order valence-electron chi connectivity index (χ2n) is 4.71. The Bertz CT molecular complexity index is 422. The number of carboxylic acids is 1. The second-order valence-corrected chi connectivity index (χ2v) is 5.12. The highest BCUT2D eigenvalue weighted by atomic mass is 35.5. The fourth-order valence-corrected chi connectivity index (χ4v) is 2.89. The van der Waals surface area contributed by atoms with E-state index in [2.05, 4.69) is 11.0 Å². The Hall–Kier alpha value is -1.06. The molecule has 1 N–H and O–H groups in total. The Labute approximate surface area is 112 Å². The van der Waals surface area contributed by atoms with Crippen molar-refractivity contribution >= 4 is 17.6 Å². The van der Waals surface area contributed by atoms with Crippen molar-refractivity contribution in [2.75, 3.05) is 13.1 Å². The summed E-state index contributed by atoms with van der Waals surface area (Å²) in [5, 5.41) is 9.49. The molecule has 1 aromatic carbocycles. The summed E-state index contributed by atoms with van der Waals surface area (Å²) in [5.41, 5.74) is 1.17. The third-order valence-corrected chi connectivity index (χ3v) is 3.81. The zero-order valence-corrected chi connectivity index (χ0v) is 11.1. The molecule has 1 saturated heterocycles. The van der Waals surface area contributed by atoms with Gasteiger partial charge in [0.15, 0.2) is 0 Å². The largest absolute Gasteiger partial charge is 0.481 e. The number of carbonyl (C=O) groups is 1. The van der Waals surface area contributed by atoms with Gasteiger partial charge >= 0.3 is 5.97 Å². The lowest BCUT2D eigenvalue weighted by atomic mass is 10.0. The minimum Gasteiger partial charge on any atom is -0.481 e. The molecule has 0 saturated carbocycles. The van der Waals surface area contributed by atoms with Gasteiger partial charge in [-0.25, -0.2) is 0 Å². The molecule has 1 unspecified atom stereocenters. The van der Waals surface area contributed by atoms with Gasteiger partial charge in [-0.05, 0) is 44.0 Å². The first-order chi connectivity index (χ1) is 8.68. The Morgan fingerprint density at radius 3 is 2.94 bits per heavy atom. The highest BCUT2D eigenvalue weighted by Gasteiger charge is 2.26. The van der Waals surface area contributed by atoms with Crippen LogP contribution in [0.5, 0.6) is 0 Å². The average Bonchev–Trinajstić information content (AvgIpc) is 2.77.